The number of carbonyl (C=O) groups is 2. The average Bonchev–Trinajstić information content (AvgIpc) is 3.02. The smallest absolute Gasteiger partial charge is 0.343 e. The van der Waals surface area contributed by atoms with Crippen LogP contribution in [0.15, 0.2) is 23.4 Å². The van der Waals surface area contributed by atoms with Crippen LogP contribution in [-0.4, -0.2) is 41.2 Å². The number of nitrogens with zero attached hydrogens (tertiary/aromatic N) is 3. The molecule has 130 valence electrons. The molecular formula is C13H17N5O5S. The third kappa shape index (κ3) is 3.40. The predicted octanol–water partition coefficient (Wildman–Crippen LogP) is -0.165. The third-order valence-electron chi connectivity index (χ3n) is 3.10. The zero-order valence-corrected chi connectivity index (χ0v) is 14.1. The summed E-state index contributed by atoms with van der Waals surface area (Å²) < 4.78 is 34.6. The number of amides is 1. The fraction of sp³-hybridized carbons (Fsp3) is 0.308. The van der Waals surface area contributed by atoms with Crippen molar-refractivity contribution in [2.45, 2.75) is 11.8 Å². The summed E-state index contributed by atoms with van der Waals surface area (Å²) in [7, 11) is -1.04. The molecule has 2 aromatic heterocycles. The Morgan fingerprint density at radius 2 is 2.00 bits per heavy atom. The van der Waals surface area contributed by atoms with Gasteiger partial charge in [0.25, 0.3) is 15.9 Å². The van der Waals surface area contributed by atoms with Gasteiger partial charge in [-0.3, -0.25) is 14.2 Å². The number of sulfonamides is 1. The summed E-state index contributed by atoms with van der Waals surface area (Å²) in [6.45, 7) is 1.77. The molecule has 0 saturated heterocycles. The molecule has 2 rings (SSSR count). The maximum Gasteiger partial charge on any atom is 0.343 e. The molecule has 0 fully saturated rings. The summed E-state index contributed by atoms with van der Waals surface area (Å²) in [6.07, 6.45) is 2.57. The Kier molecular flexibility index (Phi) is 4.64. The largest absolute Gasteiger partial charge is 0.462 e. The van der Waals surface area contributed by atoms with Crippen molar-refractivity contribution in [1.29, 1.82) is 0 Å². The van der Waals surface area contributed by atoms with E-state index in [0.717, 1.165) is 6.07 Å². The van der Waals surface area contributed by atoms with Gasteiger partial charge in [-0.15, -0.1) is 0 Å². The molecule has 0 saturated carbocycles. The van der Waals surface area contributed by atoms with Crippen molar-refractivity contribution in [3.05, 3.63) is 29.7 Å². The Hall–Kier alpha value is -2.82. The topological polar surface area (TPSA) is 138 Å². The predicted molar refractivity (Wildman–Crippen MR) is 83.9 cm³/mol. The number of rotatable bonds is 6. The van der Waals surface area contributed by atoms with Crippen LogP contribution in [0.5, 0.6) is 0 Å². The van der Waals surface area contributed by atoms with Gasteiger partial charge in [0.15, 0.2) is 5.82 Å². The second-order valence-corrected chi connectivity index (χ2v) is 6.61. The number of primary amides is 1. The lowest BCUT2D eigenvalue weighted by molar-refractivity contribution is 0.0527. The first-order valence-electron chi connectivity index (χ1n) is 6.85. The van der Waals surface area contributed by atoms with Gasteiger partial charge in [-0.25, -0.2) is 13.2 Å². The Balaban J connectivity index is 2.38. The van der Waals surface area contributed by atoms with Crippen LogP contribution in [0.25, 0.3) is 0 Å². The van der Waals surface area contributed by atoms with E-state index in [2.05, 4.69) is 9.82 Å². The molecule has 0 aliphatic carbocycles. The maximum absolute atomic E-state index is 12.5. The highest BCUT2D eigenvalue weighted by molar-refractivity contribution is 7.92. The van der Waals surface area contributed by atoms with E-state index < -0.39 is 21.9 Å². The molecule has 0 aliphatic heterocycles. The summed E-state index contributed by atoms with van der Waals surface area (Å²) >= 11 is 0. The average molecular weight is 355 g/mol. The van der Waals surface area contributed by atoms with Gasteiger partial charge >= 0.3 is 5.97 Å². The number of esters is 1. The molecule has 0 spiro atoms. The van der Waals surface area contributed by atoms with Crippen LogP contribution in [0.4, 0.5) is 5.82 Å². The summed E-state index contributed by atoms with van der Waals surface area (Å²) in [5.74, 6) is -1.63. The van der Waals surface area contributed by atoms with E-state index in [1.807, 2.05) is 0 Å². The van der Waals surface area contributed by atoms with Gasteiger partial charge in [0.1, 0.15) is 16.2 Å². The maximum atomic E-state index is 12.5. The minimum atomic E-state index is -4.07. The number of hydrogen-bond acceptors (Lipinski definition) is 6. The molecule has 0 aliphatic rings. The Morgan fingerprint density at radius 3 is 2.54 bits per heavy atom. The molecule has 3 N–H and O–H groups in total. The van der Waals surface area contributed by atoms with Gasteiger partial charge < -0.3 is 15.0 Å². The van der Waals surface area contributed by atoms with Crippen LogP contribution in [0.1, 0.15) is 27.8 Å². The van der Waals surface area contributed by atoms with E-state index >= 15 is 0 Å². The standard InChI is InChI=1S/C13H17N5O5S/c1-4-23-13(20)9-7-18(3)15-12(9)16-24(21,22)8-5-10(11(14)19)17(2)6-8/h5-7H,4H2,1-3H3,(H2,14,19)(H,15,16). The number of nitrogens with two attached hydrogens (primary N) is 1. The zero-order chi connectivity index (χ0) is 18.1. The first-order valence-corrected chi connectivity index (χ1v) is 8.33. The third-order valence-corrected chi connectivity index (χ3v) is 4.40. The van der Waals surface area contributed by atoms with Gasteiger partial charge in [-0.2, -0.15) is 5.10 Å². The van der Waals surface area contributed by atoms with E-state index in [4.69, 9.17) is 10.5 Å². The van der Waals surface area contributed by atoms with Gasteiger partial charge in [-0.1, -0.05) is 0 Å². The molecule has 2 heterocycles. The summed E-state index contributed by atoms with van der Waals surface area (Å²) in [6, 6.07) is 1.14. The first-order chi connectivity index (χ1) is 11.2. The van der Waals surface area contributed by atoms with Crippen LogP contribution in [-0.2, 0) is 28.9 Å². The number of aryl methyl sites for hydroxylation is 2. The minimum Gasteiger partial charge on any atom is -0.462 e. The van der Waals surface area contributed by atoms with Crippen LogP contribution in [0.3, 0.4) is 0 Å². The van der Waals surface area contributed by atoms with E-state index in [9.17, 15) is 18.0 Å². The van der Waals surface area contributed by atoms with Crippen molar-refractivity contribution in [2.24, 2.45) is 19.8 Å². The quantitative estimate of drug-likeness (QED) is 0.690. The summed E-state index contributed by atoms with van der Waals surface area (Å²) in [4.78, 5) is 22.9. The number of anilines is 1. The fourth-order valence-electron chi connectivity index (χ4n) is 2.03. The lowest BCUT2D eigenvalue weighted by atomic mass is 10.3. The van der Waals surface area contributed by atoms with E-state index in [1.54, 1.807) is 6.92 Å². The fourth-order valence-corrected chi connectivity index (χ4v) is 3.12. The molecule has 0 atom stereocenters. The lowest BCUT2D eigenvalue weighted by Crippen LogP contribution is -2.16. The normalized spacial score (nSPS) is 11.3. The molecule has 0 aromatic carbocycles. The van der Waals surface area contributed by atoms with Crippen molar-refractivity contribution in [3.8, 4) is 0 Å². The second-order valence-electron chi connectivity index (χ2n) is 4.93. The molecule has 0 radical (unpaired) electrons. The number of carbonyl (C=O) groups excluding carboxylic acids is 2. The zero-order valence-electron chi connectivity index (χ0n) is 13.3. The highest BCUT2D eigenvalue weighted by Gasteiger charge is 2.24. The SMILES string of the molecule is CCOC(=O)c1cn(C)nc1NS(=O)(=O)c1cc(C(N)=O)n(C)c1. The number of ether oxygens (including phenoxy) is 1. The molecule has 0 bridgehead atoms. The molecule has 24 heavy (non-hydrogen) atoms. The monoisotopic (exact) mass is 355 g/mol. The van der Waals surface area contributed by atoms with Gasteiger partial charge in [0, 0.05) is 26.5 Å². The van der Waals surface area contributed by atoms with Gasteiger partial charge in [-0.05, 0) is 13.0 Å². The molecule has 11 heteroatoms. The van der Waals surface area contributed by atoms with E-state index in [1.165, 1.54) is 35.7 Å². The number of nitrogens with one attached hydrogen (secondary N) is 1. The molecule has 10 nitrogen and oxygen atoms in total. The lowest BCUT2D eigenvalue weighted by Gasteiger charge is -2.05. The first kappa shape index (κ1) is 17.5. The summed E-state index contributed by atoms with van der Waals surface area (Å²) in [5, 5.41) is 3.92. The van der Waals surface area contributed by atoms with Crippen molar-refractivity contribution in [3.63, 3.8) is 0 Å². The Morgan fingerprint density at radius 1 is 1.33 bits per heavy atom. The highest BCUT2D eigenvalue weighted by Crippen LogP contribution is 2.20. The highest BCUT2D eigenvalue weighted by atomic mass is 32.2. The summed E-state index contributed by atoms with van der Waals surface area (Å²) in [5.41, 5.74) is 5.18. The van der Waals surface area contributed by atoms with Crippen molar-refractivity contribution in [1.82, 2.24) is 14.3 Å². The van der Waals surface area contributed by atoms with Crippen molar-refractivity contribution >= 4 is 27.7 Å². The van der Waals surface area contributed by atoms with Crippen LogP contribution < -0.4 is 10.5 Å². The minimum absolute atomic E-state index is 0.0195. The van der Waals surface area contributed by atoms with Crippen LogP contribution >= 0.6 is 0 Å². The second kappa shape index (κ2) is 6.35. The number of aromatic nitrogens is 3. The van der Waals surface area contributed by atoms with Crippen LogP contribution in [0, 0.1) is 0 Å². The van der Waals surface area contributed by atoms with E-state index in [-0.39, 0.29) is 28.6 Å². The van der Waals surface area contributed by atoms with Crippen molar-refractivity contribution in [2.75, 3.05) is 11.3 Å². The van der Waals surface area contributed by atoms with E-state index in [0.29, 0.717) is 0 Å². The van der Waals surface area contributed by atoms with Gasteiger partial charge in [0.2, 0.25) is 0 Å². The van der Waals surface area contributed by atoms with Gasteiger partial charge in [0.05, 0.1) is 6.61 Å². The number of hydrogen-bond donors (Lipinski definition) is 2. The molecule has 1 amide bonds. The molecular weight excluding hydrogens is 338 g/mol. The Labute approximate surface area is 138 Å². The van der Waals surface area contributed by atoms with Crippen LogP contribution in [0.2, 0.25) is 0 Å². The Bertz CT molecular complexity index is 896. The molecule has 2 aromatic rings. The molecule has 0 unspecified atom stereocenters. The van der Waals surface area contributed by atoms with Crippen molar-refractivity contribution < 1.29 is 22.7 Å².